The third kappa shape index (κ3) is 4.62. The molecule has 6 atom stereocenters. The molecule has 0 spiro atoms. The van der Waals surface area contributed by atoms with Gasteiger partial charge in [0.2, 0.25) is 5.91 Å². The average molecular weight is 459 g/mol. The van der Waals surface area contributed by atoms with Crippen molar-refractivity contribution < 1.29 is 24.5 Å². The number of likely N-dealkylation sites (tertiary alicyclic amines) is 1. The number of hydrogen-bond donors (Lipinski definition) is 3. The van der Waals surface area contributed by atoms with E-state index in [-0.39, 0.29) is 29.8 Å². The van der Waals surface area contributed by atoms with Gasteiger partial charge in [0, 0.05) is 30.6 Å². The zero-order valence-corrected chi connectivity index (χ0v) is 19.8. The van der Waals surface area contributed by atoms with Gasteiger partial charge in [-0.3, -0.25) is 10.1 Å². The number of aliphatic hydroxyl groups is 2. The van der Waals surface area contributed by atoms with Gasteiger partial charge in [-0.1, -0.05) is 32.0 Å². The predicted octanol–water partition coefficient (Wildman–Crippen LogP) is 3.80. The molecule has 0 radical (unpaired) electrons. The number of carbonyl (C=O) groups is 2. The molecule has 2 saturated carbocycles. The lowest BCUT2D eigenvalue weighted by Crippen LogP contribution is -2.61. The van der Waals surface area contributed by atoms with E-state index in [4.69, 9.17) is 4.74 Å². The van der Waals surface area contributed by atoms with Crippen LogP contribution >= 0.6 is 0 Å². The molecule has 0 aromatic heterocycles. The van der Waals surface area contributed by atoms with Crippen LogP contribution in [-0.4, -0.2) is 59.0 Å². The third-order valence-corrected chi connectivity index (χ3v) is 8.80. The number of fused-ring (bicyclic) bond motifs is 1. The van der Waals surface area contributed by atoms with Crippen LogP contribution in [0.1, 0.15) is 58.8 Å². The first-order chi connectivity index (χ1) is 15.8. The number of rotatable bonds is 5. The Bertz CT molecular complexity index is 842. The normalized spacial score (nSPS) is 36.2. The largest absolute Gasteiger partial charge is 0.445 e. The summed E-state index contributed by atoms with van der Waals surface area (Å²) in [6, 6.07) is 9.17. The minimum absolute atomic E-state index is 0.0399. The van der Waals surface area contributed by atoms with Crippen molar-refractivity contribution in [2.45, 2.75) is 71.0 Å². The van der Waals surface area contributed by atoms with Crippen molar-refractivity contribution in [2.24, 2.45) is 22.7 Å². The molecule has 3 N–H and O–H groups in total. The van der Waals surface area contributed by atoms with Crippen molar-refractivity contribution >= 4 is 17.7 Å². The highest BCUT2D eigenvalue weighted by atomic mass is 16.6. The number of aliphatic hydroxyl groups excluding tert-OH is 2. The summed E-state index contributed by atoms with van der Waals surface area (Å²) in [4.78, 5) is 27.5. The van der Waals surface area contributed by atoms with Crippen LogP contribution in [0.5, 0.6) is 0 Å². The van der Waals surface area contributed by atoms with Crippen molar-refractivity contribution in [3.63, 3.8) is 0 Å². The Morgan fingerprint density at radius 3 is 2.48 bits per heavy atom. The van der Waals surface area contributed by atoms with Gasteiger partial charge in [-0.05, 0) is 67.9 Å². The highest BCUT2D eigenvalue weighted by Crippen LogP contribution is 2.61. The van der Waals surface area contributed by atoms with E-state index in [1.165, 1.54) is 0 Å². The molecule has 33 heavy (non-hydrogen) atoms. The first-order valence-electron chi connectivity index (χ1n) is 12.4. The highest BCUT2D eigenvalue weighted by Gasteiger charge is 2.60. The molecule has 2 amide bonds. The summed E-state index contributed by atoms with van der Waals surface area (Å²) in [5.41, 5.74) is -0.286. The lowest BCUT2D eigenvalue weighted by atomic mass is 9.46. The SMILES string of the molecule is C[C@]1(CO)C2CC[C@@H](O)[C@@H](CC(=O)N3CCCC3)[C@]2(C)CC[C@H]1OC(=O)Nc1ccccc1. The molecule has 3 aliphatic rings. The minimum atomic E-state index is -0.643. The van der Waals surface area contributed by atoms with Gasteiger partial charge in [0.25, 0.3) is 0 Å². The first-order valence-corrected chi connectivity index (χ1v) is 12.4. The highest BCUT2D eigenvalue weighted by molar-refractivity contribution is 5.84. The fourth-order valence-electron chi connectivity index (χ4n) is 6.86. The smallest absolute Gasteiger partial charge is 0.411 e. The average Bonchev–Trinajstić information content (AvgIpc) is 3.34. The molecular formula is C26H38N2O5. The summed E-state index contributed by atoms with van der Waals surface area (Å²) in [5.74, 6) is 0.0112. The number of carbonyl (C=O) groups excluding carboxylic acids is 2. The van der Waals surface area contributed by atoms with Crippen LogP contribution in [0.2, 0.25) is 0 Å². The fraction of sp³-hybridized carbons (Fsp3) is 0.692. The molecule has 4 rings (SSSR count). The van der Waals surface area contributed by atoms with Crippen LogP contribution in [-0.2, 0) is 9.53 Å². The first kappa shape index (κ1) is 24.0. The fourth-order valence-corrected chi connectivity index (χ4v) is 6.86. The van der Waals surface area contributed by atoms with E-state index in [0.717, 1.165) is 38.8 Å². The maximum atomic E-state index is 13.0. The van der Waals surface area contributed by atoms with E-state index in [1.54, 1.807) is 12.1 Å². The van der Waals surface area contributed by atoms with Crippen LogP contribution in [0.4, 0.5) is 10.5 Å². The van der Waals surface area contributed by atoms with Crippen LogP contribution in [0.25, 0.3) is 0 Å². The molecule has 0 bridgehead atoms. The van der Waals surface area contributed by atoms with Gasteiger partial charge in [-0.15, -0.1) is 0 Å². The number of hydrogen-bond acceptors (Lipinski definition) is 5. The Kier molecular flexibility index (Phi) is 7.01. The second-order valence-electron chi connectivity index (χ2n) is 10.7. The van der Waals surface area contributed by atoms with Crippen LogP contribution in [0.15, 0.2) is 30.3 Å². The summed E-state index contributed by atoms with van der Waals surface area (Å²) in [7, 11) is 0. The van der Waals surface area contributed by atoms with Crippen molar-refractivity contribution in [1.29, 1.82) is 0 Å². The molecule has 1 heterocycles. The lowest BCUT2D eigenvalue weighted by Gasteiger charge is -2.60. The van der Waals surface area contributed by atoms with Crippen molar-refractivity contribution in [3.05, 3.63) is 30.3 Å². The molecule has 1 aromatic rings. The molecule has 7 heteroatoms. The summed E-state index contributed by atoms with van der Waals surface area (Å²) in [6.07, 6.45) is 3.62. The molecule has 1 unspecified atom stereocenters. The maximum absolute atomic E-state index is 13.0. The standard InChI is InChI=1S/C26H38N2O5/c1-25-13-12-22(33-24(32)27-18-8-4-3-5-9-18)26(2,17-29)21(25)11-10-20(30)19(25)16-23(31)28-14-6-7-15-28/h3-5,8-9,19-22,29-30H,6-7,10-17H2,1-2H3,(H,27,32)/t19-,20-,21?,22-,25+,26+/m1/s1. The molecule has 1 aromatic carbocycles. The Morgan fingerprint density at radius 1 is 1.12 bits per heavy atom. The number of nitrogens with zero attached hydrogens (tertiary/aromatic N) is 1. The van der Waals surface area contributed by atoms with Gasteiger partial charge in [-0.25, -0.2) is 4.79 Å². The van der Waals surface area contributed by atoms with E-state index in [0.29, 0.717) is 24.9 Å². The van der Waals surface area contributed by atoms with Gasteiger partial charge < -0.3 is 19.8 Å². The van der Waals surface area contributed by atoms with Crippen LogP contribution in [0, 0.1) is 22.7 Å². The van der Waals surface area contributed by atoms with E-state index in [9.17, 15) is 19.8 Å². The predicted molar refractivity (Wildman–Crippen MR) is 126 cm³/mol. The monoisotopic (exact) mass is 458 g/mol. The number of anilines is 1. The van der Waals surface area contributed by atoms with Crippen molar-refractivity contribution in [2.75, 3.05) is 25.0 Å². The van der Waals surface area contributed by atoms with Crippen LogP contribution < -0.4 is 5.32 Å². The Labute approximate surface area is 196 Å². The number of amides is 2. The third-order valence-electron chi connectivity index (χ3n) is 8.80. The molecule has 182 valence electrons. The summed E-state index contributed by atoms with van der Waals surface area (Å²) < 4.78 is 5.87. The molecule has 1 aliphatic heterocycles. The summed E-state index contributed by atoms with van der Waals surface area (Å²) >= 11 is 0. The molecule has 1 saturated heterocycles. The number of ether oxygens (including phenoxy) is 1. The molecular weight excluding hydrogens is 420 g/mol. The maximum Gasteiger partial charge on any atom is 0.411 e. The Balaban J connectivity index is 1.50. The van der Waals surface area contributed by atoms with E-state index < -0.39 is 23.7 Å². The quantitative estimate of drug-likeness (QED) is 0.623. The van der Waals surface area contributed by atoms with Crippen molar-refractivity contribution in [1.82, 2.24) is 4.90 Å². The zero-order chi connectivity index (χ0) is 23.6. The Morgan fingerprint density at radius 2 is 1.82 bits per heavy atom. The Hall–Kier alpha value is -2.12. The minimum Gasteiger partial charge on any atom is -0.445 e. The van der Waals surface area contributed by atoms with Gasteiger partial charge in [0.05, 0.1) is 12.7 Å². The van der Waals surface area contributed by atoms with E-state index >= 15 is 0 Å². The second kappa shape index (κ2) is 9.63. The zero-order valence-electron chi connectivity index (χ0n) is 19.8. The topological polar surface area (TPSA) is 99.1 Å². The van der Waals surface area contributed by atoms with Crippen molar-refractivity contribution in [3.8, 4) is 0 Å². The summed E-state index contributed by atoms with van der Waals surface area (Å²) in [6.45, 7) is 5.66. The number of nitrogens with one attached hydrogen (secondary N) is 1. The van der Waals surface area contributed by atoms with Gasteiger partial charge in [0.15, 0.2) is 0 Å². The van der Waals surface area contributed by atoms with E-state index in [2.05, 4.69) is 12.2 Å². The number of benzene rings is 1. The van der Waals surface area contributed by atoms with E-state index in [1.807, 2.05) is 30.0 Å². The van der Waals surface area contributed by atoms with Gasteiger partial charge in [-0.2, -0.15) is 0 Å². The second-order valence-corrected chi connectivity index (χ2v) is 10.7. The van der Waals surface area contributed by atoms with Crippen LogP contribution in [0.3, 0.4) is 0 Å². The molecule has 2 aliphatic carbocycles. The summed E-state index contributed by atoms with van der Waals surface area (Å²) in [5, 5.41) is 24.3. The van der Waals surface area contributed by atoms with Gasteiger partial charge in [0.1, 0.15) is 6.10 Å². The number of para-hydroxylation sites is 1. The lowest BCUT2D eigenvalue weighted by molar-refractivity contribution is -0.186. The molecule has 7 nitrogen and oxygen atoms in total. The molecule has 3 fully saturated rings. The van der Waals surface area contributed by atoms with Gasteiger partial charge >= 0.3 is 6.09 Å².